The van der Waals surface area contributed by atoms with Gasteiger partial charge in [0.25, 0.3) is 0 Å². The number of hydrogen-bond acceptors (Lipinski definition) is 2. The normalized spacial score (nSPS) is 17.3. The van der Waals surface area contributed by atoms with Gasteiger partial charge in [-0.05, 0) is 36.3 Å². The zero-order chi connectivity index (χ0) is 13.1. The first kappa shape index (κ1) is 16.3. The Bertz CT molecular complexity index is 400. The van der Waals surface area contributed by atoms with E-state index in [1.807, 2.05) is 0 Å². The highest BCUT2D eigenvalue weighted by Crippen LogP contribution is 2.38. The van der Waals surface area contributed by atoms with E-state index in [2.05, 4.69) is 32.0 Å². The first-order chi connectivity index (χ1) is 8.63. The van der Waals surface area contributed by atoms with Crippen LogP contribution in [0, 0.1) is 5.92 Å². The number of ether oxygens (including phenoxy) is 1. The smallest absolute Gasteiger partial charge is 0.123 e. The van der Waals surface area contributed by atoms with Crippen LogP contribution in [-0.4, -0.2) is 7.11 Å². The van der Waals surface area contributed by atoms with Gasteiger partial charge in [-0.2, -0.15) is 0 Å². The van der Waals surface area contributed by atoms with Crippen molar-refractivity contribution in [1.82, 2.24) is 0 Å². The van der Waals surface area contributed by atoms with Gasteiger partial charge in [0.15, 0.2) is 0 Å². The molecule has 1 aliphatic rings. The van der Waals surface area contributed by atoms with Crippen LogP contribution in [0.2, 0.25) is 0 Å². The Morgan fingerprint density at radius 1 is 1.21 bits per heavy atom. The molecule has 0 unspecified atom stereocenters. The third-order valence-corrected chi connectivity index (χ3v) is 4.19. The van der Waals surface area contributed by atoms with Gasteiger partial charge in [0, 0.05) is 11.6 Å². The van der Waals surface area contributed by atoms with E-state index in [1.54, 1.807) is 7.11 Å². The first-order valence-corrected chi connectivity index (χ1v) is 7.07. The monoisotopic (exact) mass is 283 g/mol. The number of halogens is 1. The third-order valence-electron chi connectivity index (χ3n) is 4.19. The van der Waals surface area contributed by atoms with E-state index in [-0.39, 0.29) is 18.4 Å². The summed E-state index contributed by atoms with van der Waals surface area (Å²) >= 11 is 0. The summed E-state index contributed by atoms with van der Waals surface area (Å²) in [6, 6.07) is 6.58. The van der Waals surface area contributed by atoms with Crippen molar-refractivity contribution in [3.05, 3.63) is 29.3 Å². The van der Waals surface area contributed by atoms with Crippen molar-refractivity contribution in [2.75, 3.05) is 7.11 Å². The lowest BCUT2D eigenvalue weighted by molar-refractivity contribution is 0.385. The summed E-state index contributed by atoms with van der Waals surface area (Å²) in [4.78, 5) is 0. The minimum atomic E-state index is 0. The van der Waals surface area contributed by atoms with Crippen LogP contribution in [0.15, 0.2) is 18.2 Å². The SMILES string of the molecule is COc1ccc(C(C)C)cc1[C@H](N)C1CCCC1.Cl. The molecule has 19 heavy (non-hydrogen) atoms. The van der Waals surface area contributed by atoms with Crippen molar-refractivity contribution in [3.63, 3.8) is 0 Å². The Labute approximate surface area is 123 Å². The molecule has 3 heteroatoms. The molecule has 108 valence electrons. The summed E-state index contributed by atoms with van der Waals surface area (Å²) in [6.07, 6.45) is 5.17. The van der Waals surface area contributed by atoms with Crippen LogP contribution >= 0.6 is 12.4 Å². The maximum Gasteiger partial charge on any atom is 0.123 e. The van der Waals surface area contributed by atoms with Gasteiger partial charge < -0.3 is 10.5 Å². The molecule has 0 radical (unpaired) electrons. The van der Waals surface area contributed by atoms with E-state index in [9.17, 15) is 0 Å². The number of benzene rings is 1. The second-order valence-electron chi connectivity index (χ2n) is 5.73. The van der Waals surface area contributed by atoms with E-state index in [1.165, 1.54) is 36.8 Å². The largest absolute Gasteiger partial charge is 0.496 e. The van der Waals surface area contributed by atoms with Crippen LogP contribution in [0.3, 0.4) is 0 Å². The average Bonchev–Trinajstić information content (AvgIpc) is 2.90. The molecule has 0 spiro atoms. The molecule has 0 bridgehead atoms. The number of methoxy groups -OCH3 is 1. The standard InChI is InChI=1S/C16H25NO.ClH/c1-11(2)13-8-9-15(18-3)14(10-13)16(17)12-6-4-5-7-12;/h8-12,16H,4-7,17H2,1-3H3;1H/t16-;/m1./s1. The van der Waals surface area contributed by atoms with Crippen LogP contribution in [0.5, 0.6) is 5.75 Å². The molecule has 0 heterocycles. The van der Waals surface area contributed by atoms with Gasteiger partial charge in [-0.15, -0.1) is 12.4 Å². The van der Waals surface area contributed by atoms with Gasteiger partial charge in [0.05, 0.1) is 7.11 Å². The second kappa shape index (κ2) is 7.16. The van der Waals surface area contributed by atoms with E-state index in [0.29, 0.717) is 11.8 Å². The molecule has 0 amide bonds. The van der Waals surface area contributed by atoms with E-state index >= 15 is 0 Å². The fourth-order valence-corrected chi connectivity index (χ4v) is 2.94. The number of nitrogens with two attached hydrogens (primary N) is 1. The Hall–Kier alpha value is -0.730. The average molecular weight is 284 g/mol. The summed E-state index contributed by atoms with van der Waals surface area (Å²) in [7, 11) is 1.73. The molecule has 2 N–H and O–H groups in total. The van der Waals surface area contributed by atoms with E-state index in [0.717, 1.165) is 5.75 Å². The predicted octanol–water partition coefficient (Wildman–Crippen LogP) is 4.43. The van der Waals surface area contributed by atoms with Crippen molar-refractivity contribution in [2.24, 2.45) is 11.7 Å². The summed E-state index contributed by atoms with van der Waals surface area (Å²) in [5, 5.41) is 0. The second-order valence-corrected chi connectivity index (χ2v) is 5.73. The van der Waals surface area contributed by atoms with Gasteiger partial charge in [-0.1, -0.05) is 38.8 Å². The highest BCUT2D eigenvalue weighted by molar-refractivity contribution is 5.85. The van der Waals surface area contributed by atoms with Crippen molar-refractivity contribution < 1.29 is 4.74 Å². The Morgan fingerprint density at radius 3 is 2.37 bits per heavy atom. The molecular weight excluding hydrogens is 258 g/mol. The maximum atomic E-state index is 6.47. The minimum Gasteiger partial charge on any atom is -0.496 e. The van der Waals surface area contributed by atoms with Crippen molar-refractivity contribution in [2.45, 2.75) is 51.5 Å². The van der Waals surface area contributed by atoms with Crippen LogP contribution in [-0.2, 0) is 0 Å². The predicted molar refractivity (Wildman–Crippen MR) is 83.2 cm³/mol. The highest BCUT2D eigenvalue weighted by Gasteiger charge is 2.25. The van der Waals surface area contributed by atoms with Gasteiger partial charge in [-0.3, -0.25) is 0 Å². The Morgan fingerprint density at radius 2 is 1.84 bits per heavy atom. The van der Waals surface area contributed by atoms with Crippen LogP contribution in [0.4, 0.5) is 0 Å². The van der Waals surface area contributed by atoms with Gasteiger partial charge in [-0.25, -0.2) is 0 Å². The fourth-order valence-electron chi connectivity index (χ4n) is 2.94. The molecule has 1 saturated carbocycles. The molecule has 0 aliphatic heterocycles. The minimum absolute atomic E-state index is 0. The molecule has 1 atom stereocenters. The summed E-state index contributed by atoms with van der Waals surface area (Å²) in [5.41, 5.74) is 9.00. The summed E-state index contributed by atoms with van der Waals surface area (Å²) in [5.74, 6) is 2.10. The molecular formula is C16H26ClNO. The van der Waals surface area contributed by atoms with Crippen LogP contribution in [0.25, 0.3) is 0 Å². The quantitative estimate of drug-likeness (QED) is 0.887. The zero-order valence-corrected chi connectivity index (χ0v) is 13.0. The lowest BCUT2D eigenvalue weighted by Crippen LogP contribution is -2.20. The molecule has 1 aromatic carbocycles. The van der Waals surface area contributed by atoms with Crippen molar-refractivity contribution >= 4 is 12.4 Å². The molecule has 1 aromatic rings. The van der Waals surface area contributed by atoms with Crippen molar-refractivity contribution in [1.29, 1.82) is 0 Å². The lowest BCUT2D eigenvalue weighted by Gasteiger charge is -2.22. The van der Waals surface area contributed by atoms with Gasteiger partial charge in [0.1, 0.15) is 5.75 Å². The Kier molecular flexibility index (Phi) is 6.15. The van der Waals surface area contributed by atoms with Gasteiger partial charge >= 0.3 is 0 Å². The molecule has 1 aliphatic carbocycles. The van der Waals surface area contributed by atoms with Crippen LogP contribution < -0.4 is 10.5 Å². The number of rotatable bonds is 4. The first-order valence-electron chi connectivity index (χ1n) is 7.07. The van der Waals surface area contributed by atoms with Gasteiger partial charge in [0.2, 0.25) is 0 Å². The topological polar surface area (TPSA) is 35.2 Å². The number of hydrogen-bond donors (Lipinski definition) is 1. The lowest BCUT2D eigenvalue weighted by atomic mass is 9.89. The third kappa shape index (κ3) is 3.64. The Balaban J connectivity index is 0.00000180. The summed E-state index contributed by atoms with van der Waals surface area (Å²) < 4.78 is 5.48. The molecule has 2 rings (SSSR count). The highest BCUT2D eigenvalue weighted by atomic mass is 35.5. The molecule has 1 fully saturated rings. The van der Waals surface area contributed by atoms with Crippen LogP contribution in [0.1, 0.15) is 62.6 Å². The molecule has 0 saturated heterocycles. The maximum absolute atomic E-state index is 6.47. The molecule has 0 aromatic heterocycles. The molecule has 2 nitrogen and oxygen atoms in total. The van der Waals surface area contributed by atoms with Crippen molar-refractivity contribution in [3.8, 4) is 5.75 Å². The van der Waals surface area contributed by atoms with E-state index < -0.39 is 0 Å². The van der Waals surface area contributed by atoms with E-state index in [4.69, 9.17) is 10.5 Å². The fraction of sp³-hybridized carbons (Fsp3) is 0.625. The zero-order valence-electron chi connectivity index (χ0n) is 12.2. The summed E-state index contributed by atoms with van der Waals surface area (Å²) in [6.45, 7) is 4.43.